The van der Waals surface area contributed by atoms with Crippen LogP contribution < -0.4 is 14.8 Å². The largest absolute Gasteiger partial charge is 0.493 e. The van der Waals surface area contributed by atoms with Crippen LogP contribution in [0.3, 0.4) is 0 Å². The fourth-order valence-corrected chi connectivity index (χ4v) is 3.01. The highest BCUT2D eigenvalue weighted by Gasteiger charge is 2.12. The molecule has 1 aromatic heterocycles. The average Bonchev–Trinajstić information content (AvgIpc) is 3.03. The molecule has 0 spiro atoms. The zero-order chi connectivity index (χ0) is 15.8. The third kappa shape index (κ3) is 4.36. The minimum atomic E-state index is 0.622. The Morgan fingerprint density at radius 2 is 2.18 bits per heavy atom. The molecule has 1 heterocycles. The van der Waals surface area contributed by atoms with Crippen LogP contribution in [0.1, 0.15) is 22.9 Å². The molecule has 0 fully saturated rings. The highest BCUT2D eigenvalue weighted by Crippen LogP contribution is 2.33. The Bertz CT molecular complexity index is 593. The smallest absolute Gasteiger partial charge is 0.164 e. The summed E-state index contributed by atoms with van der Waals surface area (Å²) in [5.41, 5.74) is 2.30. The lowest BCUT2D eigenvalue weighted by Gasteiger charge is -2.16. The molecule has 0 radical (unpaired) electrons. The van der Waals surface area contributed by atoms with Gasteiger partial charge in [0.1, 0.15) is 0 Å². The van der Waals surface area contributed by atoms with E-state index in [-0.39, 0.29) is 0 Å². The third-order valence-corrected chi connectivity index (χ3v) is 4.15. The van der Waals surface area contributed by atoms with Crippen LogP contribution in [0.2, 0.25) is 0 Å². The van der Waals surface area contributed by atoms with Gasteiger partial charge in [-0.15, -0.1) is 17.9 Å². The Labute approximate surface area is 136 Å². The summed E-state index contributed by atoms with van der Waals surface area (Å²) in [7, 11) is 1.68. The van der Waals surface area contributed by atoms with E-state index in [0.29, 0.717) is 6.61 Å². The summed E-state index contributed by atoms with van der Waals surface area (Å²) in [5, 5.41) is 5.56. The first-order chi connectivity index (χ1) is 10.8. The minimum Gasteiger partial charge on any atom is -0.493 e. The maximum Gasteiger partial charge on any atom is 0.164 e. The predicted molar refractivity (Wildman–Crippen MR) is 92.9 cm³/mol. The zero-order valence-corrected chi connectivity index (χ0v) is 14.0. The molecule has 1 N–H and O–H groups in total. The minimum absolute atomic E-state index is 0.622. The number of methoxy groups -OCH3 is 1. The van der Waals surface area contributed by atoms with E-state index in [2.05, 4.69) is 35.5 Å². The first-order valence-electron chi connectivity index (χ1n) is 7.45. The lowest BCUT2D eigenvalue weighted by Crippen LogP contribution is -2.12. The number of thiophene rings is 1. The lowest BCUT2D eigenvalue weighted by molar-refractivity contribution is 0.308. The Morgan fingerprint density at radius 1 is 1.32 bits per heavy atom. The van der Waals surface area contributed by atoms with Crippen LogP contribution in [-0.4, -0.2) is 13.7 Å². The molecule has 0 bridgehead atoms. The van der Waals surface area contributed by atoms with Gasteiger partial charge in [-0.1, -0.05) is 18.2 Å². The van der Waals surface area contributed by atoms with Crippen molar-refractivity contribution in [2.75, 3.05) is 13.7 Å². The molecule has 0 aliphatic rings. The molecule has 0 aliphatic heterocycles. The normalized spacial score (nSPS) is 10.5. The molecule has 0 aliphatic carbocycles. The molecular weight excluding hydrogens is 294 g/mol. The van der Waals surface area contributed by atoms with E-state index >= 15 is 0 Å². The number of rotatable bonds is 9. The molecule has 0 atom stereocenters. The second kappa shape index (κ2) is 8.61. The van der Waals surface area contributed by atoms with Crippen molar-refractivity contribution in [1.82, 2.24) is 5.32 Å². The molecule has 1 aromatic carbocycles. The SMILES string of the molecule is C=CCc1cc(CNCc2cccs2)cc(OC)c1OCC. The Hall–Kier alpha value is -1.78. The van der Waals surface area contributed by atoms with Crippen molar-refractivity contribution in [2.45, 2.75) is 26.4 Å². The number of benzene rings is 1. The van der Waals surface area contributed by atoms with Gasteiger partial charge in [0.25, 0.3) is 0 Å². The number of nitrogens with one attached hydrogen (secondary N) is 1. The van der Waals surface area contributed by atoms with Crippen molar-refractivity contribution in [1.29, 1.82) is 0 Å². The van der Waals surface area contributed by atoms with Crippen LogP contribution in [-0.2, 0) is 19.5 Å². The summed E-state index contributed by atoms with van der Waals surface area (Å²) >= 11 is 1.77. The summed E-state index contributed by atoms with van der Waals surface area (Å²) < 4.78 is 11.2. The number of hydrogen-bond donors (Lipinski definition) is 1. The standard InChI is InChI=1S/C18H23NO2S/c1-4-7-15-10-14(11-17(20-3)18(15)21-5-2)12-19-13-16-8-6-9-22-16/h4,6,8-11,19H,1,5,7,12-13H2,2-3H3. The van der Waals surface area contributed by atoms with E-state index in [1.54, 1.807) is 18.4 Å². The predicted octanol–water partition coefficient (Wildman–Crippen LogP) is 4.17. The van der Waals surface area contributed by atoms with Crippen molar-refractivity contribution in [2.24, 2.45) is 0 Å². The van der Waals surface area contributed by atoms with Gasteiger partial charge in [0.15, 0.2) is 11.5 Å². The quantitative estimate of drug-likeness (QED) is 0.704. The molecule has 22 heavy (non-hydrogen) atoms. The summed E-state index contributed by atoms with van der Waals surface area (Å²) in [4.78, 5) is 1.34. The molecule has 118 valence electrons. The molecule has 2 rings (SSSR count). The molecule has 0 saturated carbocycles. The van der Waals surface area contributed by atoms with E-state index in [1.165, 1.54) is 10.4 Å². The summed E-state index contributed by atoms with van der Waals surface area (Å²) in [5.74, 6) is 1.61. The van der Waals surface area contributed by atoms with Crippen molar-refractivity contribution in [3.63, 3.8) is 0 Å². The Morgan fingerprint density at radius 3 is 2.82 bits per heavy atom. The molecule has 0 unspecified atom stereocenters. The van der Waals surface area contributed by atoms with Crippen molar-refractivity contribution in [3.8, 4) is 11.5 Å². The van der Waals surface area contributed by atoms with E-state index in [1.807, 2.05) is 19.1 Å². The number of hydrogen-bond acceptors (Lipinski definition) is 4. The third-order valence-electron chi connectivity index (χ3n) is 3.27. The second-order valence-electron chi connectivity index (χ2n) is 4.90. The van der Waals surface area contributed by atoms with Crippen LogP contribution in [0.25, 0.3) is 0 Å². The summed E-state index contributed by atoms with van der Waals surface area (Å²) in [6.45, 7) is 8.10. The van der Waals surface area contributed by atoms with Crippen LogP contribution in [0, 0.1) is 0 Å². The van der Waals surface area contributed by atoms with Crippen LogP contribution in [0.5, 0.6) is 11.5 Å². The van der Waals surface area contributed by atoms with Gasteiger partial charge in [-0.3, -0.25) is 0 Å². The highest BCUT2D eigenvalue weighted by atomic mass is 32.1. The van der Waals surface area contributed by atoms with Gasteiger partial charge in [-0.2, -0.15) is 0 Å². The van der Waals surface area contributed by atoms with Gasteiger partial charge >= 0.3 is 0 Å². The number of allylic oxidation sites excluding steroid dienone is 1. The molecule has 3 nitrogen and oxygen atoms in total. The van der Waals surface area contributed by atoms with Crippen LogP contribution >= 0.6 is 11.3 Å². The van der Waals surface area contributed by atoms with Gasteiger partial charge in [0.2, 0.25) is 0 Å². The topological polar surface area (TPSA) is 30.5 Å². The first kappa shape index (κ1) is 16.6. The van der Waals surface area contributed by atoms with Gasteiger partial charge in [-0.05, 0) is 36.4 Å². The van der Waals surface area contributed by atoms with Crippen LogP contribution in [0.15, 0.2) is 42.3 Å². The maximum atomic E-state index is 5.74. The van der Waals surface area contributed by atoms with E-state index in [4.69, 9.17) is 9.47 Å². The van der Waals surface area contributed by atoms with E-state index in [0.717, 1.165) is 36.6 Å². The molecule has 0 amide bonds. The fraction of sp³-hybridized carbons (Fsp3) is 0.333. The van der Waals surface area contributed by atoms with Gasteiger partial charge in [-0.25, -0.2) is 0 Å². The van der Waals surface area contributed by atoms with Crippen molar-refractivity contribution in [3.05, 3.63) is 58.3 Å². The summed E-state index contributed by atoms with van der Waals surface area (Å²) in [6.07, 6.45) is 2.66. The van der Waals surface area contributed by atoms with Crippen LogP contribution in [0.4, 0.5) is 0 Å². The van der Waals surface area contributed by atoms with Gasteiger partial charge in [0, 0.05) is 23.5 Å². The maximum absolute atomic E-state index is 5.74. The summed E-state index contributed by atoms with van der Waals surface area (Å²) in [6, 6.07) is 8.42. The molecule has 0 saturated heterocycles. The second-order valence-corrected chi connectivity index (χ2v) is 5.93. The Balaban J connectivity index is 2.12. The van der Waals surface area contributed by atoms with Gasteiger partial charge in [0.05, 0.1) is 13.7 Å². The molecule has 4 heteroatoms. The number of ether oxygens (including phenoxy) is 2. The average molecular weight is 317 g/mol. The van der Waals surface area contributed by atoms with Crippen molar-refractivity contribution >= 4 is 11.3 Å². The van der Waals surface area contributed by atoms with Crippen molar-refractivity contribution < 1.29 is 9.47 Å². The lowest BCUT2D eigenvalue weighted by atomic mass is 10.1. The molecular formula is C18H23NO2S. The van der Waals surface area contributed by atoms with E-state index < -0.39 is 0 Å². The monoisotopic (exact) mass is 317 g/mol. The fourth-order valence-electron chi connectivity index (χ4n) is 2.34. The zero-order valence-electron chi connectivity index (χ0n) is 13.2. The highest BCUT2D eigenvalue weighted by molar-refractivity contribution is 7.09. The van der Waals surface area contributed by atoms with E-state index in [9.17, 15) is 0 Å². The molecule has 2 aromatic rings. The van der Waals surface area contributed by atoms with Gasteiger partial charge < -0.3 is 14.8 Å². The Kier molecular flexibility index (Phi) is 6.49. The first-order valence-corrected chi connectivity index (χ1v) is 8.33.